The van der Waals surface area contributed by atoms with Crippen molar-refractivity contribution in [2.24, 2.45) is 0 Å². The highest BCUT2D eigenvalue weighted by Crippen LogP contribution is 2.35. The molecule has 12 heteroatoms. The van der Waals surface area contributed by atoms with Gasteiger partial charge in [-0.15, -0.1) is 0 Å². The van der Waals surface area contributed by atoms with Gasteiger partial charge in [-0.1, -0.05) is 17.7 Å². The van der Waals surface area contributed by atoms with Crippen LogP contribution in [0.5, 0.6) is 11.5 Å². The van der Waals surface area contributed by atoms with Crippen molar-refractivity contribution >= 4 is 17.5 Å². The molecule has 2 heterocycles. The molecule has 1 aromatic carbocycles. The van der Waals surface area contributed by atoms with Crippen LogP contribution in [0.15, 0.2) is 34.7 Å². The fourth-order valence-electron chi connectivity index (χ4n) is 3.12. The van der Waals surface area contributed by atoms with Crippen molar-refractivity contribution in [1.82, 2.24) is 15.1 Å². The van der Waals surface area contributed by atoms with E-state index in [0.717, 1.165) is 5.56 Å². The van der Waals surface area contributed by atoms with Gasteiger partial charge >= 0.3 is 0 Å². The number of nitrogens with one attached hydrogen (secondary N) is 1. The summed E-state index contributed by atoms with van der Waals surface area (Å²) in [5.74, 6) is 0.629. The summed E-state index contributed by atoms with van der Waals surface area (Å²) in [6, 6.07) is 8.10. The Morgan fingerprint density at radius 3 is 2.48 bits per heavy atom. The summed E-state index contributed by atoms with van der Waals surface area (Å²) in [4.78, 5) is 12.3. The highest BCUT2D eigenvalue weighted by atomic mass is 35.5. The number of nitrogens with zero attached hydrogens (tertiary/aromatic N) is 2. The number of rotatable bonds is 10. The van der Waals surface area contributed by atoms with Gasteiger partial charge in [-0.3, -0.25) is 9.48 Å². The summed E-state index contributed by atoms with van der Waals surface area (Å²) >= 11 is 5.63. The van der Waals surface area contributed by atoms with E-state index in [4.69, 9.17) is 25.5 Å². The number of hydrogen-bond acceptors (Lipinski definition) is 5. The van der Waals surface area contributed by atoms with Gasteiger partial charge in [0.25, 0.3) is 18.8 Å². The highest BCUT2D eigenvalue weighted by molar-refractivity contribution is 6.32. The molecule has 0 atom stereocenters. The summed E-state index contributed by atoms with van der Waals surface area (Å²) in [6.45, 7) is -0.114. The maximum absolute atomic E-state index is 13.3. The van der Waals surface area contributed by atoms with Gasteiger partial charge in [-0.25, -0.2) is 17.6 Å². The molecule has 178 valence electrons. The topological polar surface area (TPSA) is 78.5 Å². The lowest BCUT2D eigenvalue weighted by molar-refractivity contribution is 0.0923. The van der Waals surface area contributed by atoms with Gasteiger partial charge in [0.2, 0.25) is 0 Å². The first-order valence-corrected chi connectivity index (χ1v) is 10.0. The molecule has 3 aromatic rings. The largest absolute Gasteiger partial charge is 0.493 e. The van der Waals surface area contributed by atoms with E-state index in [0.29, 0.717) is 22.6 Å². The van der Waals surface area contributed by atoms with E-state index in [1.165, 1.54) is 26.4 Å². The molecule has 2 aromatic heterocycles. The molecule has 0 spiro atoms. The Balaban J connectivity index is 1.63. The zero-order valence-corrected chi connectivity index (χ0v) is 18.3. The maximum atomic E-state index is 13.3. The van der Waals surface area contributed by atoms with Gasteiger partial charge in [0.15, 0.2) is 17.3 Å². The standard InChI is InChI=1S/C21H20ClF4N3O4/c1-31-13-5-3-11(9-15(13)32-2)7-8-27-21(30)14-6-4-12(33-14)10-29-18(20(25)26)16(22)17(28-29)19(23)24/h3-6,9,19-20H,7-8,10H2,1-2H3,(H,27,30). The molecule has 0 fully saturated rings. The van der Waals surface area contributed by atoms with Gasteiger partial charge in [0, 0.05) is 6.54 Å². The molecule has 0 unspecified atom stereocenters. The van der Waals surface area contributed by atoms with Crippen LogP contribution in [0.1, 0.15) is 46.1 Å². The molecule has 0 bridgehead atoms. The van der Waals surface area contributed by atoms with E-state index in [1.807, 2.05) is 6.07 Å². The van der Waals surface area contributed by atoms with Crippen molar-refractivity contribution in [2.75, 3.05) is 20.8 Å². The molecule has 3 rings (SSSR count). The van der Waals surface area contributed by atoms with Crippen LogP contribution in [0.3, 0.4) is 0 Å². The van der Waals surface area contributed by atoms with E-state index in [-0.39, 0.29) is 18.1 Å². The Bertz CT molecular complexity index is 1120. The van der Waals surface area contributed by atoms with Crippen molar-refractivity contribution < 1.29 is 36.2 Å². The first-order chi connectivity index (χ1) is 15.7. The van der Waals surface area contributed by atoms with Crippen molar-refractivity contribution in [3.8, 4) is 11.5 Å². The van der Waals surface area contributed by atoms with Gasteiger partial charge in [0.1, 0.15) is 17.1 Å². The molecule has 0 saturated heterocycles. The number of benzene rings is 1. The molecule has 1 N–H and O–H groups in total. The maximum Gasteiger partial charge on any atom is 0.287 e. The lowest BCUT2D eigenvalue weighted by atomic mass is 10.1. The molecule has 7 nitrogen and oxygen atoms in total. The predicted octanol–water partition coefficient (Wildman–Crippen LogP) is 5.04. The third-order valence-electron chi connectivity index (χ3n) is 4.71. The van der Waals surface area contributed by atoms with Crippen molar-refractivity contribution in [1.29, 1.82) is 0 Å². The second-order valence-corrected chi connectivity index (χ2v) is 7.18. The van der Waals surface area contributed by atoms with E-state index < -0.39 is 41.7 Å². The fraction of sp³-hybridized carbons (Fsp3) is 0.333. The molecule has 0 aliphatic heterocycles. The zero-order valence-electron chi connectivity index (χ0n) is 17.6. The minimum atomic E-state index is -3.12. The Morgan fingerprint density at radius 2 is 1.85 bits per heavy atom. The SMILES string of the molecule is COc1ccc(CCNC(=O)c2ccc(Cn3nc(C(F)F)c(Cl)c3C(F)F)o2)cc1OC. The second kappa shape index (κ2) is 10.6. The lowest BCUT2D eigenvalue weighted by Crippen LogP contribution is -2.25. The molecule has 33 heavy (non-hydrogen) atoms. The monoisotopic (exact) mass is 489 g/mol. The third kappa shape index (κ3) is 5.59. The van der Waals surface area contributed by atoms with Crippen LogP contribution in [0.4, 0.5) is 17.6 Å². The van der Waals surface area contributed by atoms with Gasteiger partial charge in [-0.2, -0.15) is 5.10 Å². The number of carbonyl (C=O) groups is 1. The number of aromatic nitrogens is 2. The summed E-state index contributed by atoms with van der Waals surface area (Å²) in [7, 11) is 3.05. The van der Waals surface area contributed by atoms with Gasteiger partial charge in [0.05, 0.1) is 25.8 Å². The number of alkyl halides is 4. The quantitative estimate of drug-likeness (QED) is 0.404. The third-order valence-corrected chi connectivity index (χ3v) is 5.10. The number of ether oxygens (including phenoxy) is 2. The summed E-state index contributed by atoms with van der Waals surface area (Å²) in [5, 5.41) is 5.35. The average Bonchev–Trinajstić information content (AvgIpc) is 3.38. The van der Waals surface area contributed by atoms with Crippen LogP contribution in [0.25, 0.3) is 0 Å². The van der Waals surface area contributed by atoms with Crippen LogP contribution in [-0.2, 0) is 13.0 Å². The van der Waals surface area contributed by atoms with Crippen LogP contribution in [-0.4, -0.2) is 36.5 Å². The first-order valence-electron chi connectivity index (χ1n) is 9.65. The minimum absolute atomic E-state index is 0.0664. The molecular formula is C21H20ClF4N3O4. The summed E-state index contributed by atoms with van der Waals surface area (Å²) in [5.41, 5.74) is -0.881. The van der Waals surface area contributed by atoms with Crippen molar-refractivity contribution in [2.45, 2.75) is 25.8 Å². The van der Waals surface area contributed by atoms with E-state index >= 15 is 0 Å². The Morgan fingerprint density at radius 1 is 1.12 bits per heavy atom. The molecule has 1 amide bonds. The van der Waals surface area contributed by atoms with Crippen LogP contribution >= 0.6 is 11.6 Å². The van der Waals surface area contributed by atoms with Gasteiger partial charge < -0.3 is 19.2 Å². The van der Waals surface area contributed by atoms with E-state index in [9.17, 15) is 22.4 Å². The normalized spacial score (nSPS) is 11.3. The lowest BCUT2D eigenvalue weighted by Gasteiger charge is -2.10. The van der Waals surface area contributed by atoms with Crippen LogP contribution in [0.2, 0.25) is 5.02 Å². The van der Waals surface area contributed by atoms with Crippen LogP contribution < -0.4 is 14.8 Å². The van der Waals surface area contributed by atoms with Crippen LogP contribution in [0, 0.1) is 0 Å². The molecule has 0 saturated carbocycles. The number of methoxy groups -OCH3 is 2. The number of halogens is 5. The molecular weight excluding hydrogens is 470 g/mol. The zero-order chi connectivity index (χ0) is 24.1. The predicted molar refractivity (Wildman–Crippen MR) is 111 cm³/mol. The number of carbonyl (C=O) groups excluding carboxylic acids is 1. The molecule has 0 aliphatic rings. The minimum Gasteiger partial charge on any atom is -0.493 e. The summed E-state index contributed by atoms with van der Waals surface area (Å²) < 4.78 is 68.9. The Kier molecular flexibility index (Phi) is 7.85. The fourth-order valence-corrected chi connectivity index (χ4v) is 3.42. The number of hydrogen-bond donors (Lipinski definition) is 1. The number of amides is 1. The number of furan rings is 1. The Labute approximate surface area is 191 Å². The second-order valence-electron chi connectivity index (χ2n) is 6.80. The highest BCUT2D eigenvalue weighted by Gasteiger charge is 2.28. The molecule has 0 radical (unpaired) electrons. The smallest absolute Gasteiger partial charge is 0.287 e. The van der Waals surface area contributed by atoms with E-state index in [2.05, 4.69) is 10.4 Å². The average molecular weight is 490 g/mol. The molecule has 0 aliphatic carbocycles. The van der Waals surface area contributed by atoms with E-state index in [1.54, 1.807) is 12.1 Å². The van der Waals surface area contributed by atoms with Crippen molar-refractivity contribution in [3.63, 3.8) is 0 Å². The summed E-state index contributed by atoms with van der Waals surface area (Å²) in [6.07, 6.45) is -5.73. The first kappa shape index (κ1) is 24.4. The van der Waals surface area contributed by atoms with Gasteiger partial charge in [-0.05, 0) is 36.2 Å². The Hall–Kier alpha value is -3.21. The van der Waals surface area contributed by atoms with Crippen molar-refractivity contribution in [3.05, 3.63) is 63.8 Å².